The van der Waals surface area contributed by atoms with E-state index in [1.54, 1.807) is 6.08 Å². The van der Waals surface area contributed by atoms with Crippen LogP contribution in [0.2, 0.25) is 0 Å². The van der Waals surface area contributed by atoms with E-state index in [1.807, 2.05) is 6.08 Å². The van der Waals surface area contributed by atoms with Crippen molar-refractivity contribution in [2.75, 3.05) is 13.2 Å². The zero-order valence-electron chi connectivity index (χ0n) is 38.7. The molecule has 1 aliphatic heterocycles. The van der Waals surface area contributed by atoms with E-state index in [4.69, 9.17) is 9.47 Å². The van der Waals surface area contributed by atoms with Gasteiger partial charge in [-0.05, 0) is 19.3 Å². The number of aliphatic hydroxyl groups excluding tert-OH is 4. The van der Waals surface area contributed by atoms with Crippen LogP contribution in [-0.2, 0) is 28.9 Å². The van der Waals surface area contributed by atoms with Crippen molar-refractivity contribution >= 4 is 16.3 Å². The maximum atomic E-state index is 13.0. The number of ether oxygens (including phenoxy) is 2. The van der Waals surface area contributed by atoms with E-state index in [2.05, 4.69) is 23.3 Å². The van der Waals surface area contributed by atoms with Crippen LogP contribution in [0, 0.1) is 0 Å². The molecule has 1 rings (SSSR count). The van der Waals surface area contributed by atoms with Gasteiger partial charge in [0.05, 0.1) is 25.4 Å². The molecule has 12 nitrogen and oxygen atoms in total. The van der Waals surface area contributed by atoms with Crippen molar-refractivity contribution in [3.05, 3.63) is 12.2 Å². The van der Waals surface area contributed by atoms with Crippen LogP contribution in [0.1, 0.15) is 232 Å². The van der Waals surface area contributed by atoms with Crippen molar-refractivity contribution in [3.63, 3.8) is 0 Å². The maximum absolute atomic E-state index is 13.0. The van der Waals surface area contributed by atoms with E-state index in [9.17, 15) is 38.2 Å². The third-order valence-corrected chi connectivity index (χ3v) is 12.5. The first-order valence-corrected chi connectivity index (χ1v) is 26.4. The van der Waals surface area contributed by atoms with Gasteiger partial charge in [0.2, 0.25) is 5.91 Å². The summed E-state index contributed by atoms with van der Waals surface area (Å²) in [5.41, 5.74) is 0. The zero-order chi connectivity index (χ0) is 44.8. The molecule has 0 aromatic rings. The third-order valence-electron chi connectivity index (χ3n) is 12.1. The Kier molecular flexibility index (Phi) is 37.2. The minimum atomic E-state index is -5.08. The largest absolute Gasteiger partial charge is 0.397 e. The summed E-state index contributed by atoms with van der Waals surface area (Å²) in [6, 6.07) is -0.937. The summed E-state index contributed by atoms with van der Waals surface area (Å²) in [5.74, 6) is -0.262. The van der Waals surface area contributed by atoms with Gasteiger partial charge in [-0.15, -0.1) is 0 Å². The van der Waals surface area contributed by atoms with E-state index >= 15 is 0 Å². The van der Waals surface area contributed by atoms with Crippen molar-refractivity contribution in [2.45, 2.75) is 275 Å². The van der Waals surface area contributed by atoms with E-state index in [0.717, 1.165) is 38.5 Å². The number of carbonyl (C=O) groups is 1. The molecule has 1 amide bonds. The van der Waals surface area contributed by atoms with Crippen LogP contribution >= 0.6 is 0 Å². The van der Waals surface area contributed by atoms with Crippen molar-refractivity contribution in [2.24, 2.45) is 0 Å². The monoisotopic (exact) mass is 892 g/mol. The van der Waals surface area contributed by atoms with Crippen molar-refractivity contribution < 1.29 is 51.8 Å². The Morgan fingerprint density at radius 1 is 0.639 bits per heavy atom. The topological polar surface area (TPSA) is 192 Å². The molecule has 61 heavy (non-hydrogen) atoms. The molecule has 1 fully saturated rings. The third kappa shape index (κ3) is 32.2. The lowest BCUT2D eigenvalue weighted by atomic mass is 9.99. The van der Waals surface area contributed by atoms with E-state index in [0.29, 0.717) is 6.42 Å². The molecule has 7 unspecified atom stereocenters. The second kappa shape index (κ2) is 39.2. The van der Waals surface area contributed by atoms with Gasteiger partial charge < -0.3 is 35.2 Å². The number of hydrogen-bond donors (Lipinski definition) is 6. The maximum Gasteiger partial charge on any atom is 0.397 e. The molecule has 6 N–H and O–H groups in total. The van der Waals surface area contributed by atoms with Gasteiger partial charge in [0.25, 0.3) is 0 Å². The van der Waals surface area contributed by atoms with Gasteiger partial charge in [-0.3, -0.25) is 9.35 Å². The summed E-state index contributed by atoms with van der Waals surface area (Å²) < 4.78 is 47.6. The average Bonchev–Trinajstić information content (AvgIpc) is 3.23. The molecule has 0 spiro atoms. The van der Waals surface area contributed by atoms with Gasteiger partial charge in [-0.25, -0.2) is 4.18 Å². The van der Waals surface area contributed by atoms with Crippen molar-refractivity contribution in [1.82, 2.24) is 5.32 Å². The molecule has 0 radical (unpaired) electrons. The predicted octanol–water partition coefficient (Wildman–Crippen LogP) is 10.3. The molecule has 1 heterocycles. The number of nitrogens with one attached hydrogen (secondary N) is 1. The first kappa shape index (κ1) is 57.9. The standard InChI is InChI=1S/C48H93NO11S/c1-3-5-7-9-11-13-15-16-17-18-19-20-21-22-23-24-25-26-27-28-29-31-33-35-37-42(51)41(49-44(52)38-36-34-32-30-14-12-10-8-6-4-2)40-58-48-46(54)47(60-61(55,56)57)45(53)43(39-50)59-48/h35,37,41-43,45-48,50-51,53-54H,3-34,36,38-40H2,1-2H3,(H,49,52)(H,55,56,57)/b37-35+. The quantitative estimate of drug-likeness (QED) is 0.0194. The Balaban J connectivity index is 2.39. The van der Waals surface area contributed by atoms with E-state index in [1.165, 1.54) is 167 Å². The Morgan fingerprint density at radius 2 is 1.03 bits per heavy atom. The number of allylic oxidation sites excluding steroid dienone is 1. The van der Waals surface area contributed by atoms with Gasteiger partial charge in [-0.2, -0.15) is 8.42 Å². The molecular formula is C48H93NO11S. The van der Waals surface area contributed by atoms with Crippen LogP contribution in [0.15, 0.2) is 12.2 Å². The summed E-state index contributed by atoms with van der Waals surface area (Å²) in [7, 11) is -5.08. The molecule has 0 aliphatic carbocycles. The highest BCUT2D eigenvalue weighted by Crippen LogP contribution is 2.26. The molecule has 0 saturated carbocycles. The molecule has 362 valence electrons. The molecule has 0 bridgehead atoms. The molecule has 0 aromatic heterocycles. The van der Waals surface area contributed by atoms with Crippen LogP contribution < -0.4 is 5.32 Å². The van der Waals surface area contributed by atoms with Gasteiger partial charge >= 0.3 is 10.4 Å². The van der Waals surface area contributed by atoms with E-state index < -0.39 is 59.9 Å². The van der Waals surface area contributed by atoms with Crippen molar-refractivity contribution in [3.8, 4) is 0 Å². The van der Waals surface area contributed by atoms with Crippen LogP contribution in [0.3, 0.4) is 0 Å². The number of carbonyl (C=O) groups excluding carboxylic acids is 1. The minimum Gasteiger partial charge on any atom is -0.394 e. The summed E-state index contributed by atoms with van der Waals surface area (Å²) >= 11 is 0. The fraction of sp³-hybridized carbons (Fsp3) is 0.938. The second-order valence-electron chi connectivity index (χ2n) is 17.8. The summed E-state index contributed by atoms with van der Waals surface area (Å²) in [4.78, 5) is 13.0. The van der Waals surface area contributed by atoms with Crippen LogP contribution in [-0.4, -0.2) is 95.4 Å². The van der Waals surface area contributed by atoms with E-state index in [-0.39, 0.29) is 18.9 Å². The lowest BCUT2D eigenvalue weighted by Crippen LogP contribution is -2.61. The number of unbranched alkanes of at least 4 members (excludes halogenated alkanes) is 31. The average molecular weight is 892 g/mol. The minimum absolute atomic E-state index is 0.262. The second-order valence-corrected chi connectivity index (χ2v) is 18.8. The zero-order valence-corrected chi connectivity index (χ0v) is 39.6. The number of amides is 1. The Morgan fingerprint density at radius 3 is 1.43 bits per heavy atom. The molecule has 1 saturated heterocycles. The SMILES string of the molecule is CCCCCCCCCCCCCCCCCCCCCCCC/C=C/C(O)C(COC1OC(CO)C(O)C(OS(=O)(=O)O)C1O)NC(=O)CCCCCCCCCCCC. The lowest BCUT2D eigenvalue weighted by Gasteiger charge is -2.41. The lowest BCUT2D eigenvalue weighted by molar-refractivity contribution is -0.298. The van der Waals surface area contributed by atoms with Crippen molar-refractivity contribution in [1.29, 1.82) is 0 Å². The van der Waals surface area contributed by atoms with Crippen LogP contribution in [0.4, 0.5) is 0 Å². The smallest absolute Gasteiger partial charge is 0.394 e. The summed E-state index contributed by atoms with van der Waals surface area (Å²) in [5, 5.41) is 44.7. The van der Waals surface area contributed by atoms with Gasteiger partial charge in [-0.1, -0.05) is 219 Å². The highest BCUT2D eigenvalue weighted by Gasteiger charge is 2.48. The van der Waals surface area contributed by atoms with Crippen LogP contribution in [0.5, 0.6) is 0 Å². The summed E-state index contributed by atoms with van der Waals surface area (Å²) in [6.07, 6.45) is 35.6. The molecular weight excluding hydrogens is 799 g/mol. The predicted molar refractivity (Wildman–Crippen MR) is 246 cm³/mol. The molecule has 1 aliphatic rings. The molecule has 13 heteroatoms. The number of rotatable bonds is 43. The van der Waals surface area contributed by atoms with Gasteiger partial charge in [0.1, 0.15) is 24.4 Å². The fourth-order valence-electron chi connectivity index (χ4n) is 8.16. The Labute approximate surface area is 372 Å². The Bertz CT molecular complexity index is 1140. The fourth-order valence-corrected chi connectivity index (χ4v) is 8.67. The highest BCUT2D eigenvalue weighted by molar-refractivity contribution is 7.80. The normalized spacial score (nSPS) is 20.7. The number of hydrogen-bond acceptors (Lipinski definition) is 10. The molecule has 7 atom stereocenters. The summed E-state index contributed by atoms with van der Waals surface area (Å²) in [6.45, 7) is 3.38. The molecule has 0 aromatic carbocycles. The van der Waals surface area contributed by atoms with Gasteiger partial charge in [0.15, 0.2) is 6.29 Å². The van der Waals surface area contributed by atoms with Crippen LogP contribution in [0.25, 0.3) is 0 Å². The first-order chi connectivity index (χ1) is 29.5. The van der Waals surface area contributed by atoms with Gasteiger partial charge in [0, 0.05) is 6.42 Å². The Hall–Kier alpha value is -1.16. The highest BCUT2D eigenvalue weighted by atomic mass is 32.3. The first-order valence-electron chi connectivity index (χ1n) is 25.1. The number of aliphatic hydroxyl groups is 4.